The summed E-state index contributed by atoms with van der Waals surface area (Å²) in [5, 5.41) is 16.7. The third-order valence-electron chi connectivity index (χ3n) is 6.64. The van der Waals surface area contributed by atoms with E-state index in [0.717, 1.165) is 10.5 Å². The molecule has 1 unspecified atom stereocenters. The maximum atomic E-state index is 13.7. The monoisotopic (exact) mass is 521 g/mol. The number of hydrogen-bond acceptors (Lipinski definition) is 5. The van der Waals surface area contributed by atoms with Crippen LogP contribution in [0.25, 0.3) is 0 Å². The number of fused-ring (bicyclic) bond motifs is 1. The number of carbonyl (C=O) groups excluding carboxylic acids is 4. The molecule has 12 heteroatoms. The van der Waals surface area contributed by atoms with Crippen molar-refractivity contribution in [3.63, 3.8) is 0 Å². The molecular formula is C25H30F3N5O4. The van der Waals surface area contributed by atoms with Crippen molar-refractivity contribution < 1.29 is 32.3 Å². The summed E-state index contributed by atoms with van der Waals surface area (Å²) in [6.45, 7) is 4.95. The van der Waals surface area contributed by atoms with Crippen LogP contribution in [0.2, 0.25) is 0 Å². The summed E-state index contributed by atoms with van der Waals surface area (Å²) in [6.07, 6.45) is -4.50. The van der Waals surface area contributed by atoms with E-state index in [4.69, 9.17) is 0 Å². The van der Waals surface area contributed by atoms with Gasteiger partial charge in [-0.25, -0.2) is 0 Å². The maximum absolute atomic E-state index is 13.7. The highest BCUT2D eigenvalue weighted by Gasteiger charge is 2.46. The number of nitriles is 1. The van der Waals surface area contributed by atoms with E-state index in [1.807, 2.05) is 6.07 Å². The van der Waals surface area contributed by atoms with Crippen LogP contribution >= 0.6 is 0 Å². The zero-order chi connectivity index (χ0) is 27.5. The molecule has 0 aliphatic carbocycles. The van der Waals surface area contributed by atoms with Gasteiger partial charge in [0.15, 0.2) is 0 Å². The van der Waals surface area contributed by atoms with E-state index in [1.54, 1.807) is 29.6 Å². The van der Waals surface area contributed by atoms with Crippen LogP contribution in [-0.2, 0) is 32.1 Å². The van der Waals surface area contributed by atoms with Gasteiger partial charge >= 0.3 is 12.1 Å². The lowest BCUT2D eigenvalue weighted by molar-refractivity contribution is -0.176. The van der Waals surface area contributed by atoms with Crippen LogP contribution in [0, 0.1) is 22.7 Å². The summed E-state index contributed by atoms with van der Waals surface area (Å²) in [7, 11) is 0. The summed E-state index contributed by atoms with van der Waals surface area (Å²) in [5.74, 6) is -4.39. The Kier molecular flexibility index (Phi) is 8.15. The van der Waals surface area contributed by atoms with Gasteiger partial charge in [-0.05, 0) is 29.4 Å². The first-order valence-corrected chi connectivity index (χ1v) is 11.9. The third kappa shape index (κ3) is 6.58. The van der Waals surface area contributed by atoms with Crippen LogP contribution in [0.15, 0.2) is 24.3 Å². The number of halogens is 3. The predicted molar refractivity (Wildman–Crippen MR) is 125 cm³/mol. The third-order valence-corrected chi connectivity index (χ3v) is 6.64. The largest absolute Gasteiger partial charge is 0.471 e. The Morgan fingerprint density at radius 2 is 1.81 bits per heavy atom. The van der Waals surface area contributed by atoms with Gasteiger partial charge in [-0.2, -0.15) is 18.4 Å². The topological polar surface area (TPSA) is 131 Å². The average Bonchev–Trinajstić information content (AvgIpc) is 3.23. The molecule has 2 aliphatic rings. The zero-order valence-corrected chi connectivity index (χ0v) is 20.8. The summed E-state index contributed by atoms with van der Waals surface area (Å²) in [5.41, 5.74) is 0.386. The highest BCUT2D eigenvalue weighted by atomic mass is 19.4. The van der Waals surface area contributed by atoms with Gasteiger partial charge in [-0.15, -0.1) is 0 Å². The number of nitrogens with zero attached hydrogens (tertiary/aromatic N) is 2. The molecular weight excluding hydrogens is 491 g/mol. The lowest BCUT2D eigenvalue weighted by Gasteiger charge is -2.41. The molecule has 3 N–H and O–H groups in total. The van der Waals surface area contributed by atoms with Crippen LogP contribution in [-0.4, -0.2) is 59.4 Å². The van der Waals surface area contributed by atoms with Gasteiger partial charge in [0.05, 0.1) is 6.07 Å². The van der Waals surface area contributed by atoms with Crippen LogP contribution in [0.1, 0.15) is 44.7 Å². The minimum Gasteiger partial charge on any atom is -0.356 e. The van der Waals surface area contributed by atoms with E-state index in [1.165, 1.54) is 20.8 Å². The lowest BCUT2D eigenvalue weighted by Crippen LogP contribution is -2.62. The summed E-state index contributed by atoms with van der Waals surface area (Å²) in [6, 6.07) is 5.31. The molecule has 9 nitrogen and oxygen atoms in total. The molecule has 1 aromatic carbocycles. The number of amides is 4. The summed E-state index contributed by atoms with van der Waals surface area (Å²) >= 11 is 0. The molecule has 3 rings (SSSR count). The molecule has 37 heavy (non-hydrogen) atoms. The molecule has 0 aromatic heterocycles. The maximum Gasteiger partial charge on any atom is 0.471 e. The van der Waals surface area contributed by atoms with E-state index in [2.05, 4.69) is 10.6 Å². The molecule has 0 saturated carbocycles. The van der Waals surface area contributed by atoms with E-state index in [9.17, 15) is 37.6 Å². The molecule has 2 aliphatic heterocycles. The number of rotatable bonds is 6. The Hall–Kier alpha value is -3.62. The normalized spacial score (nSPS) is 21.2. The average molecular weight is 522 g/mol. The zero-order valence-electron chi connectivity index (χ0n) is 20.8. The standard InChI is InChI=1S/C25H30F3N5O4/c1-24(2,3)19(32-23(37)25(26,27)28)22(36)33-13-16-7-5-4-6-14(16)11-18(33)21(35)31-17(12-29)10-15-8-9-30-20(15)34/h4-7,15,17-19H,8-11,13H2,1-3H3,(H,30,34)(H,31,35)(H,32,37)/t15-,17+,18?,19+/m0/s1. The molecule has 200 valence electrons. The second-order valence-corrected chi connectivity index (χ2v) is 10.4. The van der Waals surface area contributed by atoms with E-state index < -0.39 is 53.4 Å². The molecule has 4 amide bonds. The van der Waals surface area contributed by atoms with Crippen molar-refractivity contribution in [3.8, 4) is 6.07 Å². The number of alkyl halides is 3. The fraction of sp³-hybridized carbons (Fsp3) is 0.560. The minimum atomic E-state index is -5.19. The lowest BCUT2D eigenvalue weighted by atomic mass is 9.84. The van der Waals surface area contributed by atoms with Crippen molar-refractivity contribution in [2.75, 3.05) is 6.54 Å². The Bertz CT molecular complexity index is 1110. The van der Waals surface area contributed by atoms with Gasteiger partial charge < -0.3 is 20.9 Å². The second kappa shape index (κ2) is 10.8. The first-order chi connectivity index (χ1) is 17.2. The van der Waals surface area contributed by atoms with Gasteiger partial charge in [-0.3, -0.25) is 19.2 Å². The number of benzene rings is 1. The van der Waals surface area contributed by atoms with Crippen LogP contribution in [0.3, 0.4) is 0 Å². The van der Waals surface area contributed by atoms with Crippen LogP contribution in [0.5, 0.6) is 0 Å². The smallest absolute Gasteiger partial charge is 0.356 e. The van der Waals surface area contributed by atoms with E-state index in [-0.39, 0.29) is 25.3 Å². The van der Waals surface area contributed by atoms with Gasteiger partial charge in [0.2, 0.25) is 17.7 Å². The molecule has 4 atom stereocenters. The van der Waals surface area contributed by atoms with Gasteiger partial charge in [0, 0.05) is 25.4 Å². The van der Waals surface area contributed by atoms with Crippen molar-refractivity contribution in [1.82, 2.24) is 20.9 Å². The summed E-state index contributed by atoms with van der Waals surface area (Å²) < 4.78 is 39.1. The Morgan fingerprint density at radius 1 is 1.16 bits per heavy atom. The van der Waals surface area contributed by atoms with Crippen LogP contribution in [0.4, 0.5) is 13.2 Å². The minimum absolute atomic E-state index is 0.0657. The van der Waals surface area contributed by atoms with Gasteiger partial charge in [-0.1, -0.05) is 45.0 Å². The van der Waals surface area contributed by atoms with Crippen molar-refractivity contribution >= 4 is 23.6 Å². The van der Waals surface area contributed by atoms with Gasteiger partial charge in [0.1, 0.15) is 18.1 Å². The van der Waals surface area contributed by atoms with Crippen molar-refractivity contribution in [2.24, 2.45) is 11.3 Å². The number of hydrogen-bond donors (Lipinski definition) is 3. The Balaban J connectivity index is 1.89. The SMILES string of the molecule is CC(C)(C)[C@H](NC(=O)C(F)(F)F)C(=O)N1Cc2ccccc2CC1C(=O)N[C@@H](C#N)C[C@@H]1CCNC1=O. The molecule has 0 radical (unpaired) electrons. The highest BCUT2D eigenvalue weighted by Crippen LogP contribution is 2.29. The molecule has 0 spiro atoms. The first-order valence-electron chi connectivity index (χ1n) is 11.9. The number of carbonyl (C=O) groups is 4. The van der Waals surface area contributed by atoms with Crippen molar-refractivity contribution in [2.45, 2.75) is 70.9 Å². The fourth-order valence-corrected chi connectivity index (χ4v) is 4.58. The fourth-order valence-electron chi connectivity index (χ4n) is 4.58. The molecule has 1 saturated heterocycles. The first kappa shape index (κ1) is 28.0. The Labute approximate surface area is 212 Å². The molecule has 0 bridgehead atoms. The van der Waals surface area contributed by atoms with Crippen molar-refractivity contribution in [1.29, 1.82) is 5.26 Å². The quantitative estimate of drug-likeness (QED) is 0.523. The van der Waals surface area contributed by atoms with E-state index >= 15 is 0 Å². The number of nitrogens with one attached hydrogen (secondary N) is 3. The predicted octanol–water partition coefficient (Wildman–Crippen LogP) is 1.57. The van der Waals surface area contributed by atoms with Crippen LogP contribution < -0.4 is 16.0 Å². The second-order valence-electron chi connectivity index (χ2n) is 10.4. The highest BCUT2D eigenvalue weighted by molar-refractivity contribution is 5.94. The van der Waals surface area contributed by atoms with E-state index in [0.29, 0.717) is 18.5 Å². The summed E-state index contributed by atoms with van der Waals surface area (Å²) in [4.78, 5) is 51.8. The molecule has 1 aromatic rings. The van der Waals surface area contributed by atoms with Crippen molar-refractivity contribution in [3.05, 3.63) is 35.4 Å². The van der Waals surface area contributed by atoms with Gasteiger partial charge in [0.25, 0.3) is 0 Å². The molecule has 2 heterocycles. The Morgan fingerprint density at radius 3 is 2.35 bits per heavy atom. The molecule has 1 fully saturated rings.